The molecule has 1 fully saturated rings. The molecule has 0 atom stereocenters. The first-order valence-corrected chi connectivity index (χ1v) is 10.7. The maximum atomic E-state index is 5.17. The molecule has 0 aromatic heterocycles. The van der Waals surface area contributed by atoms with Crippen molar-refractivity contribution in [1.82, 2.24) is 0 Å². The highest BCUT2D eigenvalue weighted by Gasteiger charge is 2.41. The summed E-state index contributed by atoms with van der Waals surface area (Å²) in [7, 11) is 0. The first-order chi connectivity index (χ1) is 12.1. The Balaban J connectivity index is 2.17. The average molecular weight is 354 g/mol. The molecule has 0 N–H and O–H groups in total. The molecule has 0 bridgehead atoms. The van der Waals surface area contributed by atoms with E-state index in [-0.39, 0.29) is 5.41 Å². The Bertz CT molecular complexity index is 705. The van der Waals surface area contributed by atoms with Crippen molar-refractivity contribution in [2.45, 2.75) is 65.7 Å². The summed E-state index contributed by atoms with van der Waals surface area (Å²) in [4.78, 5) is 5.17. The Morgan fingerprint density at radius 3 is 2.56 bits per heavy atom. The smallest absolute Gasteiger partial charge is 0.0754 e. The fourth-order valence-corrected chi connectivity index (χ4v) is 5.27. The molecule has 1 aromatic carbocycles. The number of hydrogen-bond donors (Lipinski definition) is 0. The molecule has 3 rings (SSSR count). The van der Waals surface area contributed by atoms with E-state index in [4.69, 9.17) is 4.99 Å². The summed E-state index contributed by atoms with van der Waals surface area (Å²) in [5.41, 5.74) is 6.92. The van der Waals surface area contributed by atoms with Crippen LogP contribution in [-0.4, -0.2) is 10.8 Å². The van der Waals surface area contributed by atoms with Crippen molar-refractivity contribution in [3.05, 3.63) is 53.1 Å². The van der Waals surface area contributed by atoms with Crippen molar-refractivity contribution in [1.29, 1.82) is 0 Å². The van der Waals surface area contributed by atoms with Crippen LogP contribution in [0.1, 0.15) is 70.4 Å². The van der Waals surface area contributed by atoms with E-state index in [1.807, 2.05) is 11.8 Å². The molecule has 1 spiro atoms. The number of nitrogens with zero attached hydrogens (tertiary/aromatic N) is 1. The highest BCUT2D eigenvalue weighted by atomic mass is 32.2. The minimum absolute atomic E-state index is 0.257. The molecule has 0 aliphatic heterocycles. The predicted octanol–water partition coefficient (Wildman–Crippen LogP) is 7.04. The van der Waals surface area contributed by atoms with E-state index in [1.54, 1.807) is 0 Å². The maximum absolute atomic E-state index is 5.17. The molecule has 25 heavy (non-hydrogen) atoms. The molecule has 1 aromatic rings. The number of allylic oxidation sites excluding steroid dienone is 2. The summed E-state index contributed by atoms with van der Waals surface area (Å²) in [5.74, 6) is 1.14. The Morgan fingerprint density at radius 2 is 1.88 bits per heavy atom. The standard InChI is InChI=1S/C23H31NS/c1-5-15-25-18(4)24-22-20-12-8-7-11-19(20)16-23(21(22)17(2)3)13-9-6-10-14-23/h7-8,11-12H,2,5-6,9-10,13-16H2,1,3-4H3. The molecular weight excluding hydrogens is 322 g/mol. The van der Waals surface area contributed by atoms with Gasteiger partial charge in [0.05, 0.1) is 10.7 Å². The van der Waals surface area contributed by atoms with Crippen LogP contribution in [0.3, 0.4) is 0 Å². The van der Waals surface area contributed by atoms with Gasteiger partial charge in [-0.25, -0.2) is 4.99 Å². The Labute approximate surface area is 157 Å². The second-order valence-electron chi connectivity index (χ2n) is 7.66. The third kappa shape index (κ3) is 3.79. The van der Waals surface area contributed by atoms with E-state index in [1.165, 1.54) is 71.5 Å². The lowest BCUT2D eigenvalue weighted by Gasteiger charge is -2.44. The van der Waals surface area contributed by atoms with Crippen LogP contribution in [0.25, 0.3) is 5.70 Å². The highest BCUT2D eigenvalue weighted by Crippen LogP contribution is 2.53. The summed E-state index contributed by atoms with van der Waals surface area (Å²) in [6.07, 6.45) is 8.94. The van der Waals surface area contributed by atoms with Crippen molar-refractivity contribution < 1.29 is 0 Å². The molecule has 0 amide bonds. The summed E-state index contributed by atoms with van der Waals surface area (Å²) < 4.78 is 0. The minimum Gasteiger partial charge on any atom is -0.246 e. The molecule has 2 aliphatic carbocycles. The summed E-state index contributed by atoms with van der Waals surface area (Å²) in [5, 5.41) is 1.18. The van der Waals surface area contributed by atoms with Gasteiger partial charge in [-0.3, -0.25) is 0 Å². The van der Waals surface area contributed by atoms with E-state index < -0.39 is 0 Å². The van der Waals surface area contributed by atoms with E-state index in [9.17, 15) is 0 Å². The third-order valence-electron chi connectivity index (χ3n) is 5.59. The summed E-state index contributed by atoms with van der Waals surface area (Å²) in [6, 6.07) is 8.90. The topological polar surface area (TPSA) is 12.4 Å². The first-order valence-electron chi connectivity index (χ1n) is 9.74. The molecule has 0 radical (unpaired) electrons. The maximum Gasteiger partial charge on any atom is 0.0754 e. The van der Waals surface area contributed by atoms with Crippen molar-refractivity contribution in [3.63, 3.8) is 0 Å². The van der Waals surface area contributed by atoms with E-state index in [2.05, 4.69) is 51.6 Å². The van der Waals surface area contributed by atoms with Crippen LogP contribution >= 0.6 is 11.8 Å². The number of benzene rings is 1. The normalized spacial score (nSPS) is 19.9. The fourth-order valence-electron chi connectivity index (χ4n) is 4.61. The lowest BCUT2D eigenvalue weighted by molar-refractivity contribution is 0.238. The number of aliphatic imine (C=N–C) groups is 1. The van der Waals surface area contributed by atoms with Gasteiger partial charge in [0, 0.05) is 11.0 Å². The van der Waals surface area contributed by atoms with E-state index in [0.717, 1.165) is 12.2 Å². The monoisotopic (exact) mass is 353 g/mol. The average Bonchev–Trinajstić information content (AvgIpc) is 2.60. The minimum atomic E-state index is 0.257. The zero-order valence-electron chi connectivity index (χ0n) is 16.0. The van der Waals surface area contributed by atoms with Gasteiger partial charge in [0.1, 0.15) is 0 Å². The Hall–Kier alpha value is -1.28. The van der Waals surface area contributed by atoms with Crippen molar-refractivity contribution in [2.75, 3.05) is 5.75 Å². The van der Waals surface area contributed by atoms with E-state index >= 15 is 0 Å². The molecule has 0 unspecified atom stereocenters. The van der Waals surface area contributed by atoms with Crippen LogP contribution in [0.4, 0.5) is 0 Å². The van der Waals surface area contributed by atoms with Gasteiger partial charge >= 0.3 is 0 Å². The molecule has 1 nitrogen and oxygen atoms in total. The second kappa shape index (κ2) is 7.95. The predicted molar refractivity (Wildman–Crippen MR) is 113 cm³/mol. The van der Waals surface area contributed by atoms with Crippen LogP contribution in [0.2, 0.25) is 0 Å². The second-order valence-corrected chi connectivity index (χ2v) is 8.95. The van der Waals surface area contributed by atoms with Crippen LogP contribution in [0.15, 0.2) is 47.0 Å². The van der Waals surface area contributed by atoms with Crippen molar-refractivity contribution in [3.8, 4) is 0 Å². The largest absolute Gasteiger partial charge is 0.246 e. The zero-order chi connectivity index (χ0) is 17.9. The molecule has 2 heteroatoms. The van der Waals surface area contributed by atoms with Gasteiger partial charge in [-0.1, -0.05) is 62.6 Å². The number of fused-ring (bicyclic) bond motifs is 1. The third-order valence-corrected chi connectivity index (χ3v) is 6.71. The summed E-state index contributed by atoms with van der Waals surface area (Å²) >= 11 is 1.88. The van der Waals surface area contributed by atoms with Gasteiger partial charge in [0.25, 0.3) is 0 Å². The molecule has 0 heterocycles. The SMILES string of the molecule is C=C(C)C1=C(N=C(C)SCCC)c2ccccc2CC12CCCCC2. The lowest BCUT2D eigenvalue weighted by Crippen LogP contribution is -2.33. The van der Waals surface area contributed by atoms with Gasteiger partial charge in [-0.15, -0.1) is 11.8 Å². The molecule has 134 valence electrons. The number of hydrogen-bond acceptors (Lipinski definition) is 2. The van der Waals surface area contributed by atoms with Gasteiger partial charge in [0.2, 0.25) is 0 Å². The Kier molecular flexibility index (Phi) is 5.89. The first kappa shape index (κ1) is 18.5. The summed E-state index contributed by atoms with van der Waals surface area (Å²) in [6.45, 7) is 11.0. The van der Waals surface area contributed by atoms with Gasteiger partial charge in [0.15, 0.2) is 0 Å². The molecule has 2 aliphatic rings. The lowest BCUT2D eigenvalue weighted by atomic mass is 9.60. The highest BCUT2D eigenvalue weighted by molar-refractivity contribution is 8.13. The van der Waals surface area contributed by atoms with Crippen molar-refractivity contribution in [2.24, 2.45) is 10.4 Å². The van der Waals surface area contributed by atoms with Crippen LogP contribution in [-0.2, 0) is 6.42 Å². The van der Waals surface area contributed by atoms with Gasteiger partial charge < -0.3 is 0 Å². The number of thioether (sulfide) groups is 1. The molecular formula is C23H31NS. The van der Waals surface area contributed by atoms with Crippen LogP contribution < -0.4 is 0 Å². The molecule has 0 saturated heterocycles. The quantitative estimate of drug-likeness (QED) is 0.417. The van der Waals surface area contributed by atoms with Crippen LogP contribution in [0.5, 0.6) is 0 Å². The van der Waals surface area contributed by atoms with Crippen molar-refractivity contribution >= 4 is 22.5 Å². The van der Waals surface area contributed by atoms with Crippen LogP contribution in [0, 0.1) is 5.41 Å². The van der Waals surface area contributed by atoms with Gasteiger partial charge in [-0.2, -0.15) is 0 Å². The zero-order valence-corrected chi connectivity index (χ0v) is 16.8. The van der Waals surface area contributed by atoms with Gasteiger partial charge in [-0.05, 0) is 56.4 Å². The Morgan fingerprint density at radius 1 is 1.16 bits per heavy atom. The number of rotatable bonds is 4. The fraction of sp³-hybridized carbons (Fsp3) is 0.522. The molecule has 1 saturated carbocycles. The van der Waals surface area contributed by atoms with E-state index in [0.29, 0.717) is 0 Å².